The van der Waals surface area contributed by atoms with Gasteiger partial charge in [-0.25, -0.2) is 14.4 Å². The molecule has 0 amide bonds. The van der Waals surface area contributed by atoms with Crippen LogP contribution in [0.25, 0.3) is 21.3 Å². The molecule has 6 heteroatoms. The van der Waals surface area contributed by atoms with E-state index in [4.69, 9.17) is 11.6 Å². The zero-order valence-corrected chi connectivity index (χ0v) is 14.6. The summed E-state index contributed by atoms with van der Waals surface area (Å²) in [6, 6.07) is 14.1. The maximum Gasteiger partial charge on any atom is 0.139 e. The second kappa shape index (κ2) is 6.78. The number of anilines is 1. The Bertz CT molecular complexity index is 1010. The monoisotopic (exact) mass is 369 g/mol. The molecule has 25 heavy (non-hydrogen) atoms. The minimum absolute atomic E-state index is 0.249. The van der Waals surface area contributed by atoms with Crippen molar-refractivity contribution in [3.8, 4) is 11.1 Å². The van der Waals surface area contributed by atoms with Crippen molar-refractivity contribution in [1.29, 1.82) is 0 Å². The number of rotatable bonds is 4. The molecule has 4 rings (SSSR count). The molecule has 2 aromatic heterocycles. The highest BCUT2D eigenvalue weighted by Crippen LogP contribution is 2.36. The Labute approximate surface area is 153 Å². The van der Waals surface area contributed by atoms with Crippen molar-refractivity contribution in [2.24, 2.45) is 0 Å². The lowest BCUT2D eigenvalue weighted by atomic mass is 10.1. The fourth-order valence-corrected chi connectivity index (χ4v) is 3.68. The average Bonchev–Trinajstić information content (AvgIpc) is 3.07. The predicted octanol–water partition coefficient (Wildman–Crippen LogP) is 5.76. The highest BCUT2D eigenvalue weighted by atomic mass is 35.5. The first kappa shape index (κ1) is 16.0. The summed E-state index contributed by atoms with van der Waals surface area (Å²) in [5, 5.41) is 7.06. The van der Waals surface area contributed by atoms with Gasteiger partial charge in [0.25, 0.3) is 0 Å². The van der Waals surface area contributed by atoms with Gasteiger partial charge in [-0.3, -0.25) is 0 Å². The highest BCUT2D eigenvalue weighted by molar-refractivity contribution is 7.17. The molecular formula is C19H13ClFN3S. The van der Waals surface area contributed by atoms with Crippen LogP contribution in [0.1, 0.15) is 5.56 Å². The molecular weight excluding hydrogens is 357 g/mol. The average molecular weight is 370 g/mol. The number of halogens is 2. The number of hydrogen-bond donors (Lipinski definition) is 1. The van der Waals surface area contributed by atoms with Gasteiger partial charge in [-0.05, 0) is 35.4 Å². The van der Waals surface area contributed by atoms with Gasteiger partial charge in [0.1, 0.15) is 22.8 Å². The molecule has 0 saturated heterocycles. The van der Waals surface area contributed by atoms with E-state index >= 15 is 0 Å². The van der Waals surface area contributed by atoms with E-state index in [9.17, 15) is 4.39 Å². The van der Waals surface area contributed by atoms with E-state index in [1.807, 2.05) is 29.6 Å². The first-order valence-electron chi connectivity index (χ1n) is 7.67. The standard InChI is InChI=1S/C19H13ClFN3S/c20-14-5-1-12(2-6-14)9-22-18-17-16(10-25-19(17)24-11-23-18)13-3-7-15(21)8-4-13/h1-8,10-11H,9H2,(H,22,23,24). The number of fused-ring (bicyclic) bond motifs is 1. The molecule has 2 heterocycles. The largest absolute Gasteiger partial charge is 0.365 e. The molecule has 0 radical (unpaired) electrons. The topological polar surface area (TPSA) is 37.8 Å². The van der Waals surface area contributed by atoms with Crippen molar-refractivity contribution in [3.63, 3.8) is 0 Å². The Hall–Kier alpha value is -2.50. The van der Waals surface area contributed by atoms with Crippen molar-refractivity contribution in [3.05, 3.63) is 76.6 Å². The number of hydrogen-bond acceptors (Lipinski definition) is 4. The van der Waals surface area contributed by atoms with Gasteiger partial charge in [0, 0.05) is 22.5 Å². The molecule has 0 aliphatic heterocycles. The van der Waals surface area contributed by atoms with Crippen LogP contribution in [0.4, 0.5) is 10.2 Å². The van der Waals surface area contributed by atoms with Gasteiger partial charge < -0.3 is 5.32 Å². The highest BCUT2D eigenvalue weighted by Gasteiger charge is 2.13. The molecule has 3 nitrogen and oxygen atoms in total. The lowest BCUT2D eigenvalue weighted by Gasteiger charge is -2.09. The van der Waals surface area contributed by atoms with Gasteiger partial charge in [-0.15, -0.1) is 11.3 Å². The summed E-state index contributed by atoms with van der Waals surface area (Å²) >= 11 is 7.47. The van der Waals surface area contributed by atoms with Crippen LogP contribution in [0.3, 0.4) is 0 Å². The zero-order valence-electron chi connectivity index (χ0n) is 13.0. The first-order valence-corrected chi connectivity index (χ1v) is 8.93. The van der Waals surface area contributed by atoms with Crippen LogP contribution in [0.2, 0.25) is 5.02 Å². The third kappa shape index (κ3) is 3.34. The molecule has 0 fully saturated rings. The van der Waals surface area contributed by atoms with Crippen molar-refractivity contribution >= 4 is 39.0 Å². The van der Waals surface area contributed by atoms with Crippen LogP contribution < -0.4 is 5.32 Å². The summed E-state index contributed by atoms with van der Waals surface area (Å²) in [7, 11) is 0. The molecule has 124 valence electrons. The van der Waals surface area contributed by atoms with Gasteiger partial charge in [-0.1, -0.05) is 35.9 Å². The van der Waals surface area contributed by atoms with Gasteiger partial charge in [0.2, 0.25) is 0 Å². The van der Waals surface area contributed by atoms with E-state index < -0.39 is 0 Å². The summed E-state index contributed by atoms with van der Waals surface area (Å²) in [6.45, 7) is 0.627. The number of nitrogens with zero attached hydrogens (tertiary/aromatic N) is 2. The van der Waals surface area contributed by atoms with E-state index in [0.717, 1.165) is 32.7 Å². The normalized spacial score (nSPS) is 11.0. The Kier molecular flexibility index (Phi) is 4.34. The number of benzene rings is 2. The van der Waals surface area contributed by atoms with Crippen molar-refractivity contribution < 1.29 is 4.39 Å². The summed E-state index contributed by atoms with van der Waals surface area (Å²) in [4.78, 5) is 9.64. The molecule has 0 spiro atoms. The summed E-state index contributed by atoms with van der Waals surface area (Å²) < 4.78 is 13.2. The quantitative estimate of drug-likeness (QED) is 0.496. The minimum atomic E-state index is -0.249. The fourth-order valence-electron chi connectivity index (χ4n) is 2.64. The second-order valence-corrected chi connectivity index (χ2v) is 6.83. The number of nitrogens with one attached hydrogen (secondary N) is 1. The maximum absolute atomic E-state index is 13.2. The van der Waals surface area contributed by atoms with Gasteiger partial charge in [0.05, 0.1) is 5.39 Å². The van der Waals surface area contributed by atoms with E-state index in [1.54, 1.807) is 29.8 Å². The molecule has 2 aromatic carbocycles. The second-order valence-electron chi connectivity index (χ2n) is 5.54. The summed E-state index contributed by atoms with van der Waals surface area (Å²) in [5.41, 5.74) is 3.05. The molecule has 0 aliphatic rings. The van der Waals surface area contributed by atoms with Crippen molar-refractivity contribution in [2.75, 3.05) is 5.32 Å². The zero-order chi connectivity index (χ0) is 17.2. The van der Waals surface area contributed by atoms with Crippen LogP contribution in [0.5, 0.6) is 0 Å². The third-order valence-corrected chi connectivity index (χ3v) is 5.04. The first-order chi connectivity index (χ1) is 12.2. The lowest BCUT2D eigenvalue weighted by molar-refractivity contribution is 0.628. The van der Waals surface area contributed by atoms with Gasteiger partial charge in [-0.2, -0.15) is 0 Å². The minimum Gasteiger partial charge on any atom is -0.365 e. The third-order valence-electron chi connectivity index (χ3n) is 3.90. The van der Waals surface area contributed by atoms with E-state index in [-0.39, 0.29) is 5.82 Å². The van der Waals surface area contributed by atoms with Crippen LogP contribution >= 0.6 is 22.9 Å². The molecule has 0 unspecified atom stereocenters. The van der Waals surface area contributed by atoms with Gasteiger partial charge in [0.15, 0.2) is 0 Å². The Morgan fingerprint density at radius 2 is 1.76 bits per heavy atom. The van der Waals surface area contributed by atoms with Crippen LogP contribution in [0, 0.1) is 5.82 Å². The van der Waals surface area contributed by atoms with E-state index in [0.29, 0.717) is 11.6 Å². The van der Waals surface area contributed by atoms with Crippen LogP contribution in [-0.4, -0.2) is 9.97 Å². The van der Waals surface area contributed by atoms with Crippen molar-refractivity contribution in [1.82, 2.24) is 9.97 Å². The summed E-state index contributed by atoms with van der Waals surface area (Å²) in [5.74, 6) is 0.515. The lowest BCUT2D eigenvalue weighted by Crippen LogP contribution is -2.02. The molecule has 0 aliphatic carbocycles. The van der Waals surface area contributed by atoms with E-state index in [1.165, 1.54) is 12.1 Å². The SMILES string of the molecule is Fc1ccc(-c2csc3ncnc(NCc4ccc(Cl)cc4)c23)cc1. The predicted molar refractivity (Wildman–Crippen MR) is 102 cm³/mol. The maximum atomic E-state index is 13.2. The molecule has 1 N–H and O–H groups in total. The number of thiophene rings is 1. The van der Waals surface area contributed by atoms with Crippen LogP contribution in [-0.2, 0) is 6.54 Å². The number of aromatic nitrogens is 2. The Morgan fingerprint density at radius 3 is 2.52 bits per heavy atom. The molecule has 0 bridgehead atoms. The molecule has 0 atom stereocenters. The van der Waals surface area contributed by atoms with Gasteiger partial charge >= 0.3 is 0 Å². The Balaban J connectivity index is 1.70. The Morgan fingerprint density at radius 1 is 1.00 bits per heavy atom. The molecule has 0 saturated carbocycles. The summed E-state index contributed by atoms with van der Waals surface area (Å²) in [6.07, 6.45) is 1.55. The van der Waals surface area contributed by atoms with Crippen LogP contribution in [0.15, 0.2) is 60.2 Å². The molecule has 4 aromatic rings. The fraction of sp³-hybridized carbons (Fsp3) is 0.0526. The smallest absolute Gasteiger partial charge is 0.139 e. The van der Waals surface area contributed by atoms with Crippen molar-refractivity contribution in [2.45, 2.75) is 6.54 Å². The van der Waals surface area contributed by atoms with E-state index in [2.05, 4.69) is 15.3 Å².